The minimum Gasteiger partial charge on any atom is -0.481 e. The molecule has 0 fully saturated rings. The van der Waals surface area contributed by atoms with E-state index in [1.165, 1.54) is 5.56 Å². The Labute approximate surface area is 85.4 Å². The van der Waals surface area contributed by atoms with Crippen molar-refractivity contribution in [2.75, 3.05) is 6.61 Å². The lowest BCUT2D eigenvalue weighted by atomic mass is 10.1. The van der Waals surface area contributed by atoms with Gasteiger partial charge in [-0.2, -0.15) is 0 Å². The Morgan fingerprint density at radius 2 is 2.00 bits per heavy atom. The molecule has 76 valence electrons. The number of rotatable bonds is 5. The van der Waals surface area contributed by atoms with Gasteiger partial charge in [0.05, 0.1) is 6.61 Å². The summed E-state index contributed by atoms with van der Waals surface area (Å²) in [6.45, 7) is 2.51. The first-order valence-electron chi connectivity index (χ1n) is 5.07. The van der Waals surface area contributed by atoms with E-state index < -0.39 is 0 Å². The Hall–Kier alpha value is -1.31. The molecule has 2 nitrogen and oxygen atoms in total. The molecule has 0 aliphatic carbocycles. The zero-order valence-corrected chi connectivity index (χ0v) is 8.62. The van der Waals surface area contributed by atoms with E-state index in [1.54, 1.807) is 0 Å². The summed E-state index contributed by atoms with van der Waals surface area (Å²) in [5, 5.41) is 7.43. The van der Waals surface area contributed by atoms with Gasteiger partial charge in [-0.25, -0.2) is 0 Å². The van der Waals surface area contributed by atoms with E-state index in [0.717, 1.165) is 19.3 Å². The zero-order valence-electron chi connectivity index (χ0n) is 8.62. The van der Waals surface area contributed by atoms with Crippen LogP contribution in [0.3, 0.4) is 0 Å². The van der Waals surface area contributed by atoms with E-state index in [2.05, 4.69) is 12.1 Å². The predicted octanol–water partition coefficient (Wildman–Crippen LogP) is 3.02. The van der Waals surface area contributed by atoms with Gasteiger partial charge in [-0.15, -0.1) is 0 Å². The maximum absolute atomic E-state index is 7.43. The summed E-state index contributed by atoms with van der Waals surface area (Å²) in [6, 6.07) is 10.3. The Morgan fingerprint density at radius 1 is 1.29 bits per heavy atom. The molecule has 0 aliphatic heterocycles. The quantitative estimate of drug-likeness (QED) is 0.434. The summed E-state index contributed by atoms with van der Waals surface area (Å²) in [5.41, 5.74) is 1.33. The minimum absolute atomic E-state index is 0.406. The van der Waals surface area contributed by atoms with Gasteiger partial charge in [-0.1, -0.05) is 30.3 Å². The van der Waals surface area contributed by atoms with Crippen LogP contribution in [-0.2, 0) is 11.2 Å². The largest absolute Gasteiger partial charge is 0.481 e. The molecule has 0 saturated heterocycles. The molecular formula is C12H17NO. The molecule has 2 heteroatoms. The summed E-state index contributed by atoms with van der Waals surface area (Å²) >= 11 is 0. The van der Waals surface area contributed by atoms with E-state index in [4.69, 9.17) is 10.1 Å². The van der Waals surface area contributed by atoms with Crippen molar-refractivity contribution in [3.8, 4) is 0 Å². The third kappa shape index (κ3) is 4.08. The van der Waals surface area contributed by atoms with Crippen LogP contribution < -0.4 is 0 Å². The average molecular weight is 192 g/mol. The lowest BCUT2D eigenvalue weighted by Crippen LogP contribution is -2.02. The first-order chi connectivity index (χ1) is 6.83. The summed E-state index contributed by atoms with van der Waals surface area (Å²) in [7, 11) is 0. The van der Waals surface area contributed by atoms with Crippen molar-refractivity contribution < 1.29 is 4.74 Å². The standard InChI is InChI=1S/C12H17NO/c1-2-14-12(13)10-6-9-11-7-4-3-5-8-11/h3-5,7-8,13H,2,6,9-10H2,1H3/i12+1. The summed E-state index contributed by atoms with van der Waals surface area (Å²) < 4.78 is 5.06. The highest BCUT2D eigenvalue weighted by molar-refractivity contribution is 5.72. The molecule has 1 aromatic carbocycles. The minimum atomic E-state index is 0.406. The molecule has 0 spiro atoms. The molecule has 0 aliphatic rings. The Balaban J connectivity index is 2.19. The molecule has 0 atom stereocenters. The Kier molecular flexibility index (Phi) is 4.76. The molecule has 0 amide bonds. The predicted molar refractivity (Wildman–Crippen MR) is 58.7 cm³/mol. The number of benzene rings is 1. The van der Waals surface area contributed by atoms with Gasteiger partial charge in [0, 0.05) is 6.42 Å². The van der Waals surface area contributed by atoms with Crippen molar-refractivity contribution >= 4 is 5.90 Å². The van der Waals surface area contributed by atoms with Gasteiger partial charge in [-0.05, 0) is 25.3 Å². The van der Waals surface area contributed by atoms with E-state index >= 15 is 0 Å². The molecule has 0 radical (unpaired) electrons. The van der Waals surface area contributed by atoms with Crippen LogP contribution in [-0.4, -0.2) is 12.5 Å². The van der Waals surface area contributed by atoms with Gasteiger partial charge in [-0.3, -0.25) is 5.41 Å². The highest BCUT2D eigenvalue weighted by Gasteiger charge is 1.97. The normalized spacial score (nSPS) is 9.79. The van der Waals surface area contributed by atoms with Crippen LogP contribution >= 0.6 is 0 Å². The van der Waals surface area contributed by atoms with Gasteiger partial charge in [0.1, 0.15) is 0 Å². The van der Waals surface area contributed by atoms with Crippen LogP contribution in [0.5, 0.6) is 0 Å². The van der Waals surface area contributed by atoms with Gasteiger partial charge in [0.15, 0.2) is 5.90 Å². The highest BCUT2D eigenvalue weighted by atomic mass is 16.6. The second-order valence-corrected chi connectivity index (χ2v) is 3.20. The fraction of sp³-hybridized carbons (Fsp3) is 0.417. The van der Waals surface area contributed by atoms with Gasteiger partial charge >= 0.3 is 0 Å². The molecule has 0 bridgehead atoms. The molecule has 1 aromatic rings. The second kappa shape index (κ2) is 6.19. The van der Waals surface area contributed by atoms with Gasteiger partial charge < -0.3 is 4.74 Å². The van der Waals surface area contributed by atoms with Gasteiger partial charge in [0.25, 0.3) is 0 Å². The fourth-order valence-electron chi connectivity index (χ4n) is 1.34. The van der Waals surface area contributed by atoms with Crippen molar-refractivity contribution in [2.45, 2.75) is 26.2 Å². The maximum atomic E-state index is 7.43. The zero-order chi connectivity index (χ0) is 10.2. The first kappa shape index (κ1) is 10.8. The lowest BCUT2D eigenvalue weighted by Gasteiger charge is -2.04. The van der Waals surface area contributed by atoms with Crippen molar-refractivity contribution in [2.24, 2.45) is 0 Å². The molecule has 1 rings (SSSR count). The number of nitrogens with one attached hydrogen (secondary N) is 1. The smallest absolute Gasteiger partial charge is 0.180 e. The molecule has 14 heavy (non-hydrogen) atoms. The van der Waals surface area contributed by atoms with Crippen molar-refractivity contribution in [3.05, 3.63) is 35.9 Å². The van der Waals surface area contributed by atoms with Crippen LogP contribution in [0.15, 0.2) is 30.3 Å². The third-order valence-corrected chi connectivity index (χ3v) is 2.03. The topological polar surface area (TPSA) is 33.1 Å². The molecule has 1 N–H and O–H groups in total. The fourth-order valence-corrected chi connectivity index (χ4v) is 1.34. The molecule has 0 aromatic heterocycles. The molecule has 0 unspecified atom stereocenters. The SMILES string of the molecule is CCO[13C](=N)CCCc1ccccc1. The number of hydrogen-bond acceptors (Lipinski definition) is 2. The monoisotopic (exact) mass is 192 g/mol. The second-order valence-electron chi connectivity index (χ2n) is 3.20. The van der Waals surface area contributed by atoms with Crippen LogP contribution in [0.1, 0.15) is 25.3 Å². The first-order valence-corrected chi connectivity index (χ1v) is 5.07. The van der Waals surface area contributed by atoms with E-state index in [-0.39, 0.29) is 0 Å². The lowest BCUT2D eigenvalue weighted by molar-refractivity contribution is 0.313. The van der Waals surface area contributed by atoms with Crippen LogP contribution in [0.25, 0.3) is 0 Å². The van der Waals surface area contributed by atoms with Gasteiger partial charge in [0.2, 0.25) is 0 Å². The summed E-state index contributed by atoms with van der Waals surface area (Å²) in [6.07, 6.45) is 2.75. The van der Waals surface area contributed by atoms with Crippen LogP contribution in [0.4, 0.5) is 0 Å². The summed E-state index contributed by atoms with van der Waals surface area (Å²) in [4.78, 5) is 0. The van der Waals surface area contributed by atoms with E-state index in [9.17, 15) is 0 Å². The van der Waals surface area contributed by atoms with Crippen LogP contribution in [0, 0.1) is 5.41 Å². The molecule has 0 saturated carbocycles. The average Bonchev–Trinajstić information content (AvgIpc) is 2.20. The number of ether oxygens (including phenoxy) is 1. The number of hydrogen-bond donors (Lipinski definition) is 1. The van der Waals surface area contributed by atoms with E-state index in [1.807, 2.05) is 25.1 Å². The Morgan fingerprint density at radius 3 is 2.64 bits per heavy atom. The highest BCUT2D eigenvalue weighted by Crippen LogP contribution is 2.05. The third-order valence-electron chi connectivity index (χ3n) is 2.03. The maximum Gasteiger partial charge on any atom is 0.180 e. The summed E-state index contributed by atoms with van der Waals surface area (Å²) in [5.74, 6) is 0.406. The van der Waals surface area contributed by atoms with E-state index in [0.29, 0.717) is 12.5 Å². The van der Waals surface area contributed by atoms with Crippen molar-refractivity contribution in [1.29, 1.82) is 5.41 Å². The molecular weight excluding hydrogens is 175 g/mol. The van der Waals surface area contributed by atoms with Crippen LogP contribution in [0.2, 0.25) is 0 Å². The number of aryl methyl sites for hydroxylation is 1. The van der Waals surface area contributed by atoms with Crippen molar-refractivity contribution in [1.82, 2.24) is 0 Å². The van der Waals surface area contributed by atoms with Crippen molar-refractivity contribution in [3.63, 3.8) is 0 Å². The molecule has 0 heterocycles. The Bertz CT molecular complexity index is 269.